The molecule has 2 heterocycles. The molecule has 0 radical (unpaired) electrons. The quantitative estimate of drug-likeness (QED) is 0.825. The van der Waals surface area contributed by atoms with Crippen molar-refractivity contribution in [3.8, 4) is 0 Å². The van der Waals surface area contributed by atoms with Gasteiger partial charge in [-0.15, -0.1) is 0 Å². The molecule has 2 atom stereocenters. The number of rotatable bonds is 2. The summed E-state index contributed by atoms with van der Waals surface area (Å²) in [5, 5.41) is 9.29. The van der Waals surface area contributed by atoms with Crippen LogP contribution in [0.5, 0.6) is 0 Å². The molecule has 1 fully saturated rings. The third kappa shape index (κ3) is 1.85. The smallest absolute Gasteiger partial charge is 0.257 e. The van der Waals surface area contributed by atoms with Gasteiger partial charge in [-0.25, -0.2) is 0 Å². The van der Waals surface area contributed by atoms with Crippen LogP contribution in [0.4, 0.5) is 0 Å². The van der Waals surface area contributed by atoms with Crippen LogP contribution in [0.15, 0.2) is 16.7 Å². The first-order valence-electron chi connectivity index (χ1n) is 5.60. The summed E-state index contributed by atoms with van der Waals surface area (Å²) < 4.78 is 5.13. The highest BCUT2D eigenvalue weighted by atomic mass is 16.3. The Bertz CT molecular complexity index is 385. The van der Waals surface area contributed by atoms with Gasteiger partial charge >= 0.3 is 0 Å². The molecule has 1 aliphatic heterocycles. The van der Waals surface area contributed by atoms with Crippen LogP contribution in [0.25, 0.3) is 0 Å². The lowest BCUT2D eigenvalue weighted by atomic mass is 10.0. The number of furan rings is 1. The highest BCUT2D eigenvalue weighted by molar-refractivity contribution is 5.94. The Morgan fingerprint density at radius 1 is 1.69 bits per heavy atom. The van der Waals surface area contributed by atoms with Crippen molar-refractivity contribution in [2.24, 2.45) is 5.92 Å². The van der Waals surface area contributed by atoms with Crippen LogP contribution in [0.3, 0.4) is 0 Å². The standard InChI is InChI=1S/C12H17NO3/c1-8-3-4-13(11(8)6-14)12(15)10-5-9(2)16-7-10/h5,7-8,11,14H,3-4,6H2,1-2H3. The van der Waals surface area contributed by atoms with E-state index in [1.54, 1.807) is 11.0 Å². The molecule has 2 unspecified atom stereocenters. The van der Waals surface area contributed by atoms with Gasteiger partial charge in [0.05, 0.1) is 18.2 Å². The molecule has 0 aromatic carbocycles. The van der Waals surface area contributed by atoms with Crippen LogP contribution in [0.2, 0.25) is 0 Å². The minimum Gasteiger partial charge on any atom is -0.469 e. The predicted octanol–water partition coefficient (Wildman–Crippen LogP) is 1.43. The maximum absolute atomic E-state index is 12.1. The van der Waals surface area contributed by atoms with Crippen molar-refractivity contribution in [2.45, 2.75) is 26.3 Å². The number of amides is 1. The molecule has 0 saturated carbocycles. The lowest BCUT2D eigenvalue weighted by molar-refractivity contribution is 0.0647. The van der Waals surface area contributed by atoms with Crippen LogP contribution in [0.1, 0.15) is 29.5 Å². The van der Waals surface area contributed by atoms with E-state index >= 15 is 0 Å². The molecular weight excluding hydrogens is 206 g/mol. The van der Waals surface area contributed by atoms with E-state index in [-0.39, 0.29) is 18.6 Å². The van der Waals surface area contributed by atoms with Crippen molar-refractivity contribution in [1.82, 2.24) is 4.90 Å². The average Bonchev–Trinajstić information content (AvgIpc) is 2.83. The van der Waals surface area contributed by atoms with Gasteiger partial charge in [-0.2, -0.15) is 0 Å². The summed E-state index contributed by atoms with van der Waals surface area (Å²) >= 11 is 0. The molecule has 0 aliphatic carbocycles. The van der Waals surface area contributed by atoms with Crippen molar-refractivity contribution >= 4 is 5.91 Å². The molecule has 16 heavy (non-hydrogen) atoms. The fourth-order valence-electron chi connectivity index (χ4n) is 2.26. The molecule has 1 saturated heterocycles. The Labute approximate surface area is 94.9 Å². The Balaban J connectivity index is 2.16. The Morgan fingerprint density at radius 3 is 3.00 bits per heavy atom. The predicted molar refractivity (Wildman–Crippen MR) is 59.1 cm³/mol. The molecule has 0 spiro atoms. The second kappa shape index (κ2) is 4.29. The van der Waals surface area contributed by atoms with E-state index in [1.165, 1.54) is 6.26 Å². The molecule has 4 heteroatoms. The van der Waals surface area contributed by atoms with Crippen LogP contribution >= 0.6 is 0 Å². The molecule has 4 nitrogen and oxygen atoms in total. The van der Waals surface area contributed by atoms with Gasteiger partial charge in [-0.3, -0.25) is 4.79 Å². The number of nitrogens with zero attached hydrogens (tertiary/aromatic N) is 1. The SMILES string of the molecule is Cc1cc(C(=O)N2CCC(C)C2CO)co1. The van der Waals surface area contributed by atoms with Crippen LogP contribution < -0.4 is 0 Å². The van der Waals surface area contributed by atoms with E-state index in [1.807, 2.05) is 6.92 Å². The molecule has 1 amide bonds. The van der Waals surface area contributed by atoms with E-state index < -0.39 is 0 Å². The first-order chi connectivity index (χ1) is 7.63. The van der Waals surface area contributed by atoms with Gasteiger partial charge in [0.2, 0.25) is 0 Å². The van der Waals surface area contributed by atoms with Crippen molar-refractivity contribution in [3.05, 3.63) is 23.7 Å². The fraction of sp³-hybridized carbons (Fsp3) is 0.583. The lowest BCUT2D eigenvalue weighted by Crippen LogP contribution is -2.39. The van der Waals surface area contributed by atoms with Crippen molar-refractivity contribution < 1.29 is 14.3 Å². The number of likely N-dealkylation sites (tertiary alicyclic amines) is 1. The number of aryl methyl sites for hydroxylation is 1. The first-order valence-corrected chi connectivity index (χ1v) is 5.60. The van der Waals surface area contributed by atoms with Crippen molar-refractivity contribution in [1.29, 1.82) is 0 Å². The van der Waals surface area contributed by atoms with Gasteiger partial charge in [0, 0.05) is 6.54 Å². The number of hydrogen-bond acceptors (Lipinski definition) is 3. The van der Waals surface area contributed by atoms with E-state index in [0.717, 1.165) is 18.7 Å². The molecule has 88 valence electrons. The van der Waals surface area contributed by atoms with E-state index in [0.29, 0.717) is 11.5 Å². The molecule has 1 aromatic heterocycles. The number of carbonyl (C=O) groups excluding carboxylic acids is 1. The summed E-state index contributed by atoms with van der Waals surface area (Å²) in [5.74, 6) is 1.05. The zero-order valence-electron chi connectivity index (χ0n) is 9.64. The zero-order chi connectivity index (χ0) is 11.7. The third-order valence-electron chi connectivity index (χ3n) is 3.31. The molecule has 0 bridgehead atoms. The second-order valence-electron chi connectivity index (χ2n) is 4.46. The van der Waals surface area contributed by atoms with Crippen molar-refractivity contribution in [3.63, 3.8) is 0 Å². The minimum absolute atomic E-state index is 0.0315. The topological polar surface area (TPSA) is 53.7 Å². The summed E-state index contributed by atoms with van der Waals surface area (Å²) in [7, 11) is 0. The summed E-state index contributed by atoms with van der Waals surface area (Å²) in [6, 6.07) is 1.68. The van der Waals surface area contributed by atoms with Gasteiger partial charge in [0.25, 0.3) is 5.91 Å². The van der Waals surface area contributed by atoms with Gasteiger partial charge in [-0.05, 0) is 25.3 Å². The molecule has 1 N–H and O–H groups in total. The van der Waals surface area contributed by atoms with E-state index in [2.05, 4.69) is 6.92 Å². The Kier molecular flexibility index (Phi) is 3.01. The number of carbonyl (C=O) groups is 1. The normalized spacial score (nSPS) is 25.1. The second-order valence-corrected chi connectivity index (χ2v) is 4.46. The van der Waals surface area contributed by atoms with Gasteiger partial charge in [-0.1, -0.05) is 6.92 Å². The largest absolute Gasteiger partial charge is 0.469 e. The highest BCUT2D eigenvalue weighted by Crippen LogP contribution is 2.25. The van der Waals surface area contributed by atoms with E-state index in [4.69, 9.17) is 4.42 Å². The monoisotopic (exact) mass is 223 g/mol. The van der Waals surface area contributed by atoms with Gasteiger partial charge < -0.3 is 14.4 Å². The van der Waals surface area contributed by atoms with Crippen LogP contribution in [0, 0.1) is 12.8 Å². The summed E-state index contributed by atoms with van der Waals surface area (Å²) in [6.07, 6.45) is 2.43. The number of aliphatic hydroxyl groups excluding tert-OH is 1. The lowest BCUT2D eigenvalue weighted by Gasteiger charge is -2.24. The van der Waals surface area contributed by atoms with Crippen molar-refractivity contribution in [2.75, 3.05) is 13.2 Å². The van der Waals surface area contributed by atoms with Crippen LogP contribution in [-0.2, 0) is 0 Å². The zero-order valence-corrected chi connectivity index (χ0v) is 9.64. The first kappa shape index (κ1) is 11.2. The molecule has 1 aromatic rings. The van der Waals surface area contributed by atoms with Gasteiger partial charge in [0.15, 0.2) is 0 Å². The third-order valence-corrected chi connectivity index (χ3v) is 3.31. The van der Waals surface area contributed by atoms with E-state index in [9.17, 15) is 9.90 Å². The average molecular weight is 223 g/mol. The highest BCUT2D eigenvalue weighted by Gasteiger charge is 2.34. The number of hydrogen-bond donors (Lipinski definition) is 1. The molecule has 2 rings (SSSR count). The fourth-order valence-corrected chi connectivity index (χ4v) is 2.26. The number of aliphatic hydroxyl groups is 1. The molecule has 1 aliphatic rings. The summed E-state index contributed by atoms with van der Waals surface area (Å²) in [6.45, 7) is 4.63. The Hall–Kier alpha value is -1.29. The van der Waals surface area contributed by atoms with Gasteiger partial charge in [0.1, 0.15) is 12.0 Å². The van der Waals surface area contributed by atoms with Crippen LogP contribution in [-0.4, -0.2) is 35.1 Å². The Morgan fingerprint density at radius 2 is 2.44 bits per heavy atom. The summed E-state index contributed by atoms with van der Waals surface area (Å²) in [4.78, 5) is 13.9. The minimum atomic E-state index is -0.0530. The maximum Gasteiger partial charge on any atom is 0.257 e. The summed E-state index contributed by atoms with van der Waals surface area (Å²) in [5.41, 5.74) is 0.574. The molecular formula is C12H17NO3. The maximum atomic E-state index is 12.1.